The molecular formula is C24H23N5O9. The molecule has 0 aromatic heterocycles. The van der Waals surface area contributed by atoms with Crippen LogP contribution in [0.3, 0.4) is 0 Å². The van der Waals surface area contributed by atoms with Gasteiger partial charge in [0.05, 0.1) is 37.5 Å². The van der Waals surface area contributed by atoms with E-state index in [4.69, 9.17) is 4.84 Å². The van der Waals surface area contributed by atoms with E-state index in [-0.39, 0.29) is 17.8 Å². The Labute approximate surface area is 215 Å². The van der Waals surface area contributed by atoms with Gasteiger partial charge < -0.3 is 10.2 Å². The van der Waals surface area contributed by atoms with E-state index in [1.54, 1.807) is 6.07 Å². The molecule has 0 radical (unpaired) electrons. The molecule has 2 unspecified atom stereocenters. The quantitative estimate of drug-likeness (QED) is 0.300. The molecule has 14 heteroatoms. The van der Waals surface area contributed by atoms with E-state index in [9.17, 15) is 39.9 Å². The van der Waals surface area contributed by atoms with Crippen LogP contribution in [-0.4, -0.2) is 32.4 Å². The van der Waals surface area contributed by atoms with Crippen molar-refractivity contribution in [2.75, 3.05) is 5.32 Å². The molecule has 2 aromatic rings. The maximum atomic E-state index is 13.6. The summed E-state index contributed by atoms with van der Waals surface area (Å²) in [4.78, 5) is 62.7. The van der Waals surface area contributed by atoms with Crippen LogP contribution in [0.15, 0.2) is 47.6 Å². The number of non-ortho nitro benzene ring substituents is 2. The van der Waals surface area contributed by atoms with Gasteiger partial charge in [-0.25, -0.2) is 4.79 Å². The molecule has 4 rings (SSSR count). The molecule has 2 bridgehead atoms. The van der Waals surface area contributed by atoms with Crippen LogP contribution < -0.4 is 5.32 Å². The second-order valence-corrected chi connectivity index (χ2v) is 10.1. The molecule has 2 aliphatic rings. The van der Waals surface area contributed by atoms with Gasteiger partial charge in [0.1, 0.15) is 5.69 Å². The zero-order chi connectivity index (χ0) is 28.0. The molecule has 2 aromatic carbocycles. The Kier molecular flexibility index (Phi) is 6.21. The molecule has 0 heterocycles. The second kappa shape index (κ2) is 8.97. The predicted octanol–water partition coefficient (Wildman–Crippen LogP) is 4.78. The number of anilines is 1. The highest BCUT2D eigenvalue weighted by Gasteiger charge is 2.71. The Morgan fingerprint density at radius 1 is 0.921 bits per heavy atom. The standard InChI is InChI=1S/C24H23N5O9/c1-22(2)23(3)8-9-24(22,21(31)25-17-6-4-5-7-18(17)29(36)37)13-19(23)26-38-20(30)14-10-15(27(32)33)12-16(11-14)28(34)35/h4-7,10-12H,8-9,13H2,1-3H3,(H,25,31)/b26-19+. The lowest BCUT2D eigenvalue weighted by Crippen LogP contribution is -2.43. The minimum Gasteiger partial charge on any atom is -0.320 e. The summed E-state index contributed by atoms with van der Waals surface area (Å²) in [6, 6.07) is 8.22. The van der Waals surface area contributed by atoms with Gasteiger partial charge in [-0.3, -0.25) is 35.1 Å². The second-order valence-electron chi connectivity index (χ2n) is 10.1. The van der Waals surface area contributed by atoms with Crippen LogP contribution in [0.5, 0.6) is 0 Å². The van der Waals surface area contributed by atoms with Crippen LogP contribution in [0, 0.1) is 46.6 Å². The average Bonchev–Trinajstić information content (AvgIpc) is 3.17. The SMILES string of the molecule is CC12CCC(C(=O)Nc3ccccc3[N+](=O)[O-])(C/C1=N\OC(=O)c1cc([N+](=O)[O-])cc([N+](=O)[O-])c1)C2(C)C. The zero-order valence-electron chi connectivity index (χ0n) is 20.6. The number of hydrogen-bond acceptors (Lipinski definition) is 10. The first-order valence-electron chi connectivity index (χ1n) is 11.5. The Hall–Kier alpha value is -4.75. The van der Waals surface area contributed by atoms with Crippen molar-refractivity contribution >= 4 is 40.3 Å². The fourth-order valence-corrected chi connectivity index (χ4v) is 5.58. The Balaban J connectivity index is 1.63. The van der Waals surface area contributed by atoms with E-state index in [2.05, 4.69) is 10.5 Å². The van der Waals surface area contributed by atoms with Gasteiger partial charge in [-0.2, -0.15) is 0 Å². The van der Waals surface area contributed by atoms with Gasteiger partial charge in [-0.05, 0) is 24.3 Å². The van der Waals surface area contributed by atoms with Gasteiger partial charge in [-0.1, -0.05) is 38.1 Å². The highest BCUT2D eigenvalue weighted by Crippen LogP contribution is 2.71. The minimum absolute atomic E-state index is 0.0605. The largest absolute Gasteiger partial charge is 0.366 e. The van der Waals surface area contributed by atoms with E-state index in [1.165, 1.54) is 18.2 Å². The van der Waals surface area contributed by atoms with Crippen LogP contribution >= 0.6 is 0 Å². The number of para-hydroxylation sites is 2. The molecule has 0 saturated heterocycles. The van der Waals surface area contributed by atoms with Crippen LogP contribution in [-0.2, 0) is 9.63 Å². The van der Waals surface area contributed by atoms with Crippen molar-refractivity contribution in [3.8, 4) is 0 Å². The van der Waals surface area contributed by atoms with E-state index in [0.29, 0.717) is 18.6 Å². The number of carbonyl (C=O) groups is 2. The lowest BCUT2D eigenvalue weighted by Gasteiger charge is -2.39. The molecule has 1 N–H and O–H groups in total. The lowest BCUT2D eigenvalue weighted by atomic mass is 9.64. The van der Waals surface area contributed by atoms with E-state index in [1.807, 2.05) is 20.8 Å². The maximum Gasteiger partial charge on any atom is 0.366 e. The minimum atomic E-state index is -1.13. The normalized spacial score (nSPS) is 24.1. The van der Waals surface area contributed by atoms with Crippen LogP contribution in [0.2, 0.25) is 0 Å². The van der Waals surface area contributed by atoms with Crippen molar-refractivity contribution in [2.45, 2.75) is 40.0 Å². The molecule has 38 heavy (non-hydrogen) atoms. The molecule has 2 fully saturated rings. The van der Waals surface area contributed by atoms with Crippen LogP contribution in [0.1, 0.15) is 50.4 Å². The third-order valence-electron chi connectivity index (χ3n) is 8.32. The topological polar surface area (TPSA) is 197 Å². The third kappa shape index (κ3) is 3.93. The van der Waals surface area contributed by atoms with Crippen molar-refractivity contribution in [3.05, 3.63) is 78.4 Å². The number of oxime groups is 1. The van der Waals surface area contributed by atoms with E-state index < -0.39 is 59.8 Å². The summed E-state index contributed by atoms with van der Waals surface area (Å²) in [5.41, 5.74) is -3.90. The number of nitrogens with zero attached hydrogens (tertiary/aromatic N) is 4. The summed E-state index contributed by atoms with van der Waals surface area (Å²) in [6.07, 6.45) is 1.08. The first-order chi connectivity index (χ1) is 17.7. The molecule has 198 valence electrons. The van der Waals surface area contributed by atoms with Crippen LogP contribution in [0.25, 0.3) is 0 Å². The van der Waals surface area contributed by atoms with Crippen LogP contribution in [0.4, 0.5) is 22.7 Å². The predicted molar refractivity (Wildman–Crippen MR) is 132 cm³/mol. The summed E-state index contributed by atoms with van der Waals surface area (Å²) in [5.74, 6) is -1.56. The Morgan fingerprint density at radius 3 is 2.11 bits per heavy atom. The molecule has 0 spiro atoms. The van der Waals surface area contributed by atoms with E-state index >= 15 is 0 Å². The number of nitro groups is 3. The van der Waals surface area contributed by atoms with Crippen molar-refractivity contribution in [2.24, 2.45) is 21.4 Å². The fourth-order valence-electron chi connectivity index (χ4n) is 5.58. The number of benzene rings is 2. The van der Waals surface area contributed by atoms with Gasteiger partial charge in [0.25, 0.3) is 17.1 Å². The molecule has 2 atom stereocenters. The number of hydrogen-bond donors (Lipinski definition) is 1. The van der Waals surface area contributed by atoms with Gasteiger partial charge >= 0.3 is 5.97 Å². The number of fused-ring (bicyclic) bond motifs is 2. The first-order valence-corrected chi connectivity index (χ1v) is 11.5. The van der Waals surface area contributed by atoms with Crippen molar-refractivity contribution < 1.29 is 29.2 Å². The summed E-state index contributed by atoms with van der Waals surface area (Å²) >= 11 is 0. The third-order valence-corrected chi connectivity index (χ3v) is 8.32. The van der Waals surface area contributed by atoms with E-state index in [0.717, 1.165) is 18.2 Å². The smallest absolute Gasteiger partial charge is 0.320 e. The van der Waals surface area contributed by atoms with Crippen molar-refractivity contribution in [1.29, 1.82) is 0 Å². The summed E-state index contributed by atoms with van der Waals surface area (Å²) < 4.78 is 0. The monoisotopic (exact) mass is 525 g/mol. The van der Waals surface area contributed by atoms with Gasteiger partial charge in [0.2, 0.25) is 5.91 Å². The van der Waals surface area contributed by atoms with Gasteiger partial charge in [0.15, 0.2) is 0 Å². The molecule has 1 amide bonds. The zero-order valence-corrected chi connectivity index (χ0v) is 20.6. The fraction of sp³-hybridized carbons (Fsp3) is 0.375. The lowest BCUT2D eigenvalue weighted by molar-refractivity contribution is -0.394. The highest BCUT2D eigenvalue weighted by molar-refractivity contribution is 6.07. The highest BCUT2D eigenvalue weighted by atomic mass is 16.7. The number of nitrogens with one attached hydrogen (secondary N) is 1. The van der Waals surface area contributed by atoms with Gasteiger partial charge in [-0.15, -0.1) is 0 Å². The van der Waals surface area contributed by atoms with Crippen molar-refractivity contribution in [1.82, 2.24) is 0 Å². The molecular weight excluding hydrogens is 502 g/mol. The molecule has 0 aliphatic heterocycles. The summed E-state index contributed by atoms with van der Waals surface area (Å²) in [5, 5.41) is 40.4. The molecule has 14 nitrogen and oxygen atoms in total. The number of amides is 1. The van der Waals surface area contributed by atoms with Crippen molar-refractivity contribution in [3.63, 3.8) is 0 Å². The summed E-state index contributed by atoms with van der Waals surface area (Å²) in [6.45, 7) is 5.64. The molecule has 2 aliphatic carbocycles. The Bertz CT molecular complexity index is 1400. The van der Waals surface area contributed by atoms with Gasteiger partial charge in [0, 0.05) is 30.0 Å². The number of carbonyl (C=O) groups excluding carboxylic acids is 2. The maximum absolute atomic E-state index is 13.6. The number of nitro benzene ring substituents is 3. The summed E-state index contributed by atoms with van der Waals surface area (Å²) in [7, 11) is 0. The average molecular weight is 525 g/mol. The molecule has 2 saturated carbocycles. The Morgan fingerprint density at radius 2 is 1.53 bits per heavy atom. The first kappa shape index (κ1) is 26.3. The number of rotatable bonds is 7.